The van der Waals surface area contributed by atoms with Crippen LogP contribution in [0.2, 0.25) is 0 Å². The van der Waals surface area contributed by atoms with E-state index in [0.29, 0.717) is 11.5 Å². The van der Waals surface area contributed by atoms with Gasteiger partial charge in [0.1, 0.15) is 11.5 Å². The summed E-state index contributed by atoms with van der Waals surface area (Å²) in [5.41, 5.74) is 0.479. The first-order valence-corrected chi connectivity index (χ1v) is 6.76. The molecular weight excluding hydrogens is 258 g/mol. The molecule has 0 bridgehead atoms. The summed E-state index contributed by atoms with van der Waals surface area (Å²) in [4.78, 5) is 21.2. The number of nitrogens with one attached hydrogen (secondary N) is 1. The van der Waals surface area contributed by atoms with Crippen molar-refractivity contribution in [2.24, 2.45) is 4.99 Å². The highest BCUT2D eigenvalue weighted by Gasteiger charge is 2.15. The third-order valence-corrected chi connectivity index (χ3v) is 3.29. The molecule has 0 spiro atoms. The van der Waals surface area contributed by atoms with E-state index in [1.807, 2.05) is 0 Å². The van der Waals surface area contributed by atoms with E-state index >= 15 is 0 Å². The smallest absolute Gasteiger partial charge is 0.290 e. The van der Waals surface area contributed by atoms with Gasteiger partial charge in [-0.1, -0.05) is 6.92 Å². The van der Waals surface area contributed by atoms with E-state index in [1.165, 1.54) is 6.07 Å². The van der Waals surface area contributed by atoms with Crippen molar-refractivity contribution in [1.82, 2.24) is 9.88 Å². The second-order valence-corrected chi connectivity index (χ2v) is 4.62. The zero-order chi connectivity index (χ0) is 14.5. The van der Waals surface area contributed by atoms with Gasteiger partial charge < -0.3 is 10.2 Å². The van der Waals surface area contributed by atoms with Gasteiger partial charge in [-0.3, -0.25) is 15.1 Å². The number of hydrogen-bond acceptors (Lipinski definition) is 6. The lowest BCUT2D eigenvalue weighted by molar-refractivity contribution is -0.385. The van der Waals surface area contributed by atoms with Crippen molar-refractivity contribution >= 4 is 17.3 Å². The monoisotopic (exact) mass is 277 g/mol. The van der Waals surface area contributed by atoms with Gasteiger partial charge in [0.15, 0.2) is 0 Å². The molecule has 2 heterocycles. The van der Waals surface area contributed by atoms with E-state index < -0.39 is 4.92 Å². The third-order valence-electron chi connectivity index (χ3n) is 3.29. The van der Waals surface area contributed by atoms with E-state index in [0.717, 1.165) is 38.4 Å². The molecule has 2 rings (SSSR count). The van der Waals surface area contributed by atoms with Gasteiger partial charge in [-0.2, -0.15) is 0 Å². The zero-order valence-corrected chi connectivity index (χ0v) is 11.8. The Bertz CT molecular complexity index is 529. The number of nitrogens with zero attached hydrogens (tertiary/aromatic N) is 4. The van der Waals surface area contributed by atoms with Crippen LogP contribution in [0.1, 0.15) is 19.0 Å². The minimum atomic E-state index is -0.416. The second kappa shape index (κ2) is 6.31. The summed E-state index contributed by atoms with van der Waals surface area (Å²) in [5, 5.41) is 13.9. The van der Waals surface area contributed by atoms with Gasteiger partial charge in [0.2, 0.25) is 0 Å². The van der Waals surface area contributed by atoms with Crippen LogP contribution in [0.25, 0.3) is 0 Å². The molecule has 108 valence electrons. The van der Waals surface area contributed by atoms with Gasteiger partial charge in [0.05, 0.1) is 17.3 Å². The molecular formula is C13H19N5O2. The molecule has 0 aromatic carbocycles. The number of pyridine rings is 1. The maximum absolute atomic E-state index is 10.7. The predicted molar refractivity (Wildman–Crippen MR) is 78.3 cm³/mol. The number of rotatable bonds is 6. The number of nitro groups is 1. The Hall–Kier alpha value is -2.18. The molecule has 7 heteroatoms. The molecule has 1 aliphatic heterocycles. The Labute approximate surface area is 117 Å². The van der Waals surface area contributed by atoms with Gasteiger partial charge in [0, 0.05) is 32.1 Å². The standard InChI is InChI=1S/C13H19N5O2/c1-3-13-15-7-9-17(13)8-6-14-12-5-4-11(18(19)20)10(2)16-12/h4-5H,3,6-9H2,1-2H3,(H,14,16). The fourth-order valence-corrected chi connectivity index (χ4v) is 2.27. The van der Waals surface area contributed by atoms with E-state index in [9.17, 15) is 10.1 Å². The average Bonchev–Trinajstić information content (AvgIpc) is 2.86. The van der Waals surface area contributed by atoms with E-state index in [4.69, 9.17) is 0 Å². The number of hydrogen-bond donors (Lipinski definition) is 1. The van der Waals surface area contributed by atoms with Crippen molar-refractivity contribution in [1.29, 1.82) is 0 Å². The van der Waals surface area contributed by atoms with Crippen LogP contribution < -0.4 is 5.32 Å². The summed E-state index contributed by atoms with van der Waals surface area (Å²) in [6, 6.07) is 3.13. The minimum Gasteiger partial charge on any atom is -0.368 e. The molecule has 0 saturated heterocycles. The Morgan fingerprint density at radius 1 is 1.50 bits per heavy atom. The van der Waals surface area contributed by atoms with Crippen molar-refractivity contribution < 1.29 is 4.92 Å². The molecule has 0 saturated carbocycles. The maximum Gasteiger partial charge on any atom is 0.290 e. The summed E-state index contributed by atoms with van der Waals surface area (Å²) < 4.78 is 0. The van der Waals surface area contributed by atoms with Crippen LogP contribution >= 0.6 is 0 Å². The summed E-state index contributed by atoms with van der Waals surface area (Å²) in [7, 11) is 0. The third kappa shape index (κ3) is 3.23. The van der Waals surface area contributed by atoms with Crippen LogP contribution in [-0.2, 0) is 0 Å². The summed E-state index contributed by atoms with van der Waals surface area (Å²) in [5.74, 6) is 1.82. The van der Waals surface area contributed by atoms with E-state index in [-0.39, 0.29) is 5.69 Å². The Balaban J connectivity index is 1.87. The van der Waals surface area contributed by atoms with Crippen LogP contribution in [0, 0.1) is 17.0 Å². The second-order valence-electron chi connectivity index (χ2n) is 4.62. The highest BCUT2D eigenvalue weighted by Crippen LogP contribution is 2.17. The maximum atomic E-state index is 10.7. The number of anilines is 1. The number of aryl methyl sites for hydroxylation is 1. The number of aromatic nitrogens is 1. The molecule has 0 radical (unpaired) electrons. The van der Waals surface area contributed by atoms with Crippen LogP contribution in [-0.4, -0.2) is 46.8 Å². The molecule has 0 atom stereocenters. The normalized spacial score (nSPS) is 14.3. The Morgan fingerprint density at radius 3 is 2.95 bits per heavy atom. The van der Waals surface area contributed by atoms with Crippen molar-refractivity contribution in [2.45, 2.75) is 20.3 Å². The lowest BCUT2D eigenvalue weighted by atomic mass is 10.3. The van der Waals surface area contributed by atoms with Crippen LogP contribution in [0.15, 0.2) is 17.1 Å². The molecule has 1 aromatic heterocycles. The van der Waals surface area contributed by atoms with Crippen LogP contribution in [0.4, 0.5) is 11.5 Å². The van der Waals surface area contributed by atoms with Crippen molar-refractivity contribution in [3.05, 3.63) is 27.9 Å². The first kappa shape index (κ1) is 14.2. The van der Waals surface area contributed by atoms with E-state index in [1.54, 1.807) is 13.0 Å². The van der Waals surface area contributed by atoms with Gasteiger partial charge in [-0.15, -0.1) is 0 Å². The molecule has 0 amide bonds. The van der Waals surface area contributed by atoms with Crippen LogP contribution in [0.3, 0.4) is 0 Å². The van der Waals surface area contributed by atoms with Gasteiger partial charge in [-0.25, -0.2) is 4.98 Å². The number of amidine groups is 1. The fourth-order valence-electron chi connectivity index (χ4n) is 2.27. The largest absolute Gasteiger partial charge is 0.368 e. The van der Waals surface area contributed by atoms with Gasteiger partial charge >= 0.3 is 0 Å². The summed E-state index contributed by atoms with van der Waals surface area (Å²) >= 11 is 0. The fraction of sp³-hybridized carbons (Fsp3) is 0.538. The Morgan fingerprint density at radius 2 is 2.30 bits per heavy atom. The SMILES string of the molecule is CCC1=NCCN1CCNc1ccc([N+](=O)[O-])c(C)n1. The van der Waals surface area contributed by atoms with Gasteiger partial charge in [-0.05, 0) is 13.0 Å². The zero-order valence-electron chi connectivity index (χ0n) is 11.8. The summed E-state index contributed by atoms with van der Waals surface area (Å²) in [6.07, 6.45) is 0.953. The quantitative estimate of drug-likeness (QED) is 0.633. The molecule has 7 nitrogen and oxygen atoms in total. The van der Waals surface area contributed by atoms with Crippen molar-refractivity contribution in [2.75, 3.05) is 31.5 Å². The minimum absolute atomic E-state index is 0.0514. The first-order chi connectivity index (χ1) is 9.61. The van der Waals surface area contributed by atoms with Crippen LogP contribution in [0.5, 0.6) is 0 Å². The highest BCUT2D eigenvalue weighted by molar-refractivity contribution is 5.83. The topological polar surface area (TPSA) is 83.7 Å². The summed E-state index contributed by atoms with van der Waals surface area (Å²) in [6.45, 7) is 7.20. The highest BCUT2D eigenvalue weighted by atomic mass is 16.6. The van der Waals surface area contributed by atoms with Crippen molar-refractivity contribution in [3.63, 3.8) is 0 Å². The molecule has 0 unspecified atom stereocenters. The molecule has 1 aliphatic rings. The average molecular weight is 277 g/mol. The first-order valence-electron chi connectivity index (χ1n) is 6.76. The lowest BCUT2D eigenvalue weighted by Crippen LogP contribution is -2.32. The lowest BCUT2D eigenvalue weighted by Gasteiger charge is -2.19. The molecule has 0 fully saturated rings. The molecule has 1 aromatic rings. The number of aliphatic imine (C=N–C) groups is 1. The molecule has 1 N–H and O–H groups in total. The van der Waals surface area contributed by atoms with Gasteiger partial charge in [0.25, 0.3) is 5.69 Å². The van der Waals surface area contributed by atoms with E-state index in [2.05, 4.69) is 27.1 Å². The Kier molecular flexibility index (Phi) is 4.49. The predicted octanol–water partition coefficient (Wildman–Crippen LogP) is 1.83. The molecule has 0 aliphatic carbocycles. The molecule has 20 heavy (non-hydrogen) atoms. The van der Waals surface area contributed by atoms with Crippen molar-refractivity contribution in [3.8, 4) is 0 Å².